The van der Waals surface area contributed by atoms with Crippen LogP contribution in [0.2, 0.25) is 0 Å². The quantitative estimate of drug-likeness (QED) is 0.776. The standard InChI is InChI=1S/C15H10FN3O/c16-12-9-17-8-6-10(12)15(20)19-14-5-1-4-13-11(14)3-2-7-18-13/h1-9H,(H,19,20). The molecule has 0 saturated carbocycles. The zero-order valence-electron chi connectivity index (χ0n) is 10.4. The number of hydrogen-bond acceptors (Lipinski definition) is 3. The van der Waals surface area contributed by atoms with Crippen LogP contribution >= 0.6 is 0 Å². The Hall–Kier alpha value is -2.82. The lowest BCUT2D eigenvalue weighted by molar-refractivity contribution is 0.102. The molecule has 0 bridgehead atoms. The third-order valence-electron chi connectivity index (χ3n) is 2.91. The SMILES string of the molecule is O=C(Nc1cccc2ncccc12)c1ccncc1F. The monoisotopic (exact) mass is 267 g/mol. The Balaban J connectivity index is 1.98. The summed E-state index contributed by atoms with van der Waals surface area (Å²) in [7, 11) is 0. The van der Waals surface area contributed by atoms with Crippen LogP contribution in [0.4, 0.5) is 10.1 Å². The molecule has 3 rings (SSSR count). The number of hydrogen-bond donors (Lipinski definition) is 1. The van der Waals surface area contributed by atoms with Crippen LogP contribution in [0.1, 0.15) is 10.4 Å². The highest BCUT2D eigenvalue weighted by Crippen LogP contribution is 2.22. The number of aromatic nitrogens is 2. The highest BCUT2D eigenvalue weighted by Gasteiger charge is 2.12. The van der Waals surface area contributed by atoms with E-state index in [1.807, 2.05) is 12.1 Å². The van der Waals surface area contributed by atoms with Crippen molar-refractivity contribution >= 4 is 22.5 Å². The van der Waals surface area contributed by atoms with Gasteiger partial charge in [-0.05, 0) is 30.3 Å². The van der Waals surface area contributed by atoms with Gasteiger partial charge >= 0.3 is 0 Å². The maximum Gasteiger partial charge on any atom is 0.258 e. The first-order valence-electron chi connectivity index (χ1n) is 6.00. The lowest BCUT2D eigenvalue weighted by Gasteiger charge is -2.08. The fourth-order valence-electron chi connectivity index (χ4n) is 1.96. The summed E-state index contributed by atoms with van der Waals surface area (Å²) < 4.78 is 13.5. The molecule has 3 aromatic rings. The molecule has 0 aliphatic rings. The van der Waals surface area contributed by atoms with E-state index in [0.717, 1.165) is 17.1 Å². The van der Waals surface area contributed by atoms with Crippen LogP contribution in [0.15, 0.2) is 55.0 Å². The second-order valence-corrected chi connectivity index (χ2v) is 4.19. The fraction of sp³-hybridized carbons (Fsp3) is 0. The number of anilines is 1. The predicted octanol–water partition coefficient (Wildman–Crippen LogP) is 3.02. The van der Waals surface area contributed by atoms with Gasteiger partial charge in [0, 0.05) is 17.8 Å². The summed E-state index contributed by atoms with van der Waals surface area (Å²) in [6, 6.07) is 10.4. The van der Waals surface area contributed by atoms with Gasteiger partial charge in [-0.3, -0.25) is 14.8 Å². The molecule has 0 spiro atoms. The van der Waals surface area contributed by atoms with Crippen LogP contribution in [-0.4, -0.2) is 15.9 Å². The van der Waals surface area contributed by atoms with Crippen molar-refractivity contribution in [2.24, 2.45) is 0 Å². The minimum absolute atomic E-state index is 0.0408. The van der Waals surface area contributed by atoms with E-state index in [0.29, 0.717) is 5.69 Å². The van der Waals surface area contributed by atoms with Crippen molar-refractivity contribution in [3.05, 3.63) is 66.4 Å². The number of pyridine rings is 2. The van der Waals surface area contributed by atoms with E-state index in [9.17, 15) is 9.18 Å². The second kappa shape index (κ2) is 5.05. The highest BCUT2D eigenvalue weighted by atomic mass is 19.1. The van der Waals surface area contributed by atoms with Gasteiger partial charge in [0.1, 0.15) is 0 Å². The number of benzene rings is 1. The molecular weight excluding hydrogens is 257 g/mol. The Morgan fingerprint density at radius 3 is 2.85 bits per heavy atom. The highest BCUT2D eigenvalue weighted by molar-refractivity contribution is 6.08. The van der Waals surface area contributed by atoms with E-state index in [1.54, 1.807) is 24.4 Å². The van der Waals surface area contributed by atoms with E-state index < -0.39 is 11.7 Å². The summed E-state index contributed by atoms with van der Waals surface area (Å²) in [6.07, 6.45) is 4.07. The molecule has 1 amide bonds. The molecular formula is C15H10FN3O. The molecule has 2 aromatic heterocycles. The lowest BCUT2D eigenvalue weighted by atomic mass is 10.1. The summed E-state index contributed by atoms with van der Waals surface area (Å²) in [4.78, 5) is 19.9. The maximum absolute atomic E-state index is 13.5. The van der Waals surface area contributed by atoms with Crippen molar-refractivity contribution in [3.8, 4) is 0 Å². The van der Waals surface area contributed by atoms with Crippen LogP contribution in [0.3, 0.4) is 0 Å². The molecule has 98 valence electrons. The normalized spacial score (nSPS) is 10.4. The fourth-order valence-corrected chi connectivity index (χ4v) is 1.96. The van der Waals surface area contributed by atoms with E-state index in [4.69, 9.17) is 0 Å². The molecule has 0 unspecified atom stereocenters. The Morgan fingerprint density at radius 1 is 1.10 bits per heavy atom. The lowest BCUT2D eigenvalue weighted by Crippen LogP contribution is -2.14. The average Bonchev–Trinajstić information content (AvgIpc) is 2.48. The van der Waals surface area contributed by atoms with Gasteiger partial charge in [0.2, 0.25) is 0 Å². The minimum Gasteiger partial charge on any atom is -0.321 e. The molecule has 1 N–H and O–H groups in total. The van der Waals surface area contributed by atoms with E-state index in [1.165, 1.54) is 12.3 Å². The van der Waals surface area contributed by atoms with Crippen molar-refractivity contribution < 1.29 is 9.18 Å². The van der Waals surface area contributed by atoms with Crippen molar-refractivity contribution in [3.63, 3.8) is 0 Å². The van der Waals surface area contributed by atoms with Crippen LogP contribution < -0.4 is 5.32 Å². The molecule has 4 nitrogen and oxygen atoms in total. The van der Waals surface area contributed by atoms with Gasteiger partial charge in [0.15, 0.2) is 5.82 Å². The van der Waals surface area contributed by atoms with Crippen molar-refractivity contribution in [1.82, 2.24) is 9.97 Å². The van der Waals surface area contributed by atoms with Crippen molar-refractivity contribution in [2.45, 2.75) is 0 Å². The topological polar surface area (TPSA) is 54.9 Å². The van der Waals surface area contributed by atoms with Gasteiger partial charge in [-0.15, -0.1) is 0 Å². The van der Waals surface area contributed by atoms with Gasteiger partial charge < -0.3 is 5.32 Å². The summed E-state index contributed by atoms with van der Waals surface area (Å²) >= 11 is 0. The predicted molar refractivity (Wildman–Crippen MR) is 73.9 cm³/mol. The first kappa shape index (κ1) is 12.2. The summed E-state index contributed by atoms with van der Waals surface area (Å²) in [6.45, 7) is 0. The zero-order valence-corrected chi connectivity index (χ0v) is 10.4. The van der Waals surface area contributed by atoms with Crippen LogP contribution in [0, 0.1) is 5.82 Å². The Morgan fingerprint density at radius 2 is 2.00 bits per heavy atom. The number of nitrogens with zero attached hydrogens (tertiary/aromatic N) is 2. The third-order valence-corrected chi connectivity index (χ3v) is 2.91. The smallest absolute Gasteiger partial charge is 0.258 e. The Kier molecular flexibility index (Phi) is 3.09. The van der Waals surface area contributed by atoms with Crippen molar-refractivity contribution in [1.29, 1.82) is 0 Å². The van der Waals surface area contributed by atoms with Gasteiger partial charge in [0.25, 0.3) is 5.91 Å². The van der Waals surface area contributed by atoms with E-state index >= 15 is 0 Å². The number of carbonyl (C=O) groups is 1. The number of halogens is 1. The number of carbonyl (C=O) groups excluding carboxylic acids is 1. The number of fused-ring (bicyclic) bond motifs is 1. The number of rotatable bonds is 2. The molecule has 0 aliphatic heterocycles. The number of amides is 1. The molecule has 20 heavy (non-hydrogen) atoms. The first-order valence-corrected chi connectivity index (χ1v) is 6.00. The molecule has 5 heteroatoms. The third kappa shape index (κ3) is 2.21. The molecule has 0 radical (unpaired) electrons. The van der Waals surface area contributed by atoms with Crippen LogP contribution in [-0.2, 0) is 0 Å². The van der Waals surface area contributed by atoms with Crippen LogP contribution in [0.25, 0.3) is 10.9 Å². The van der Waals surface area contributed by atoms with Gasteiger partial charge in [-0.1, -0.05) is 6.07 Å². The van der Waals surface area contributed by atoms with E-state index in [-0.39, 0.29) is 5.56 Å². The average molecular weight is 267 g/mol. The van der Waals surface area contributed by atoms with Crippen molar-refractivity contribution in [2.75, 3.05) is 5.32 Å². The Bertz CT molecular complexity index is 783. The maximum atomic E-state index is 13.5. The summed E-state index contributed by atoms with van der Waals surface area (Å²) in [5.74, 6) is -1.16. The first-order chi connectivity index (χ1) is 9.75. The Labute approximate surface area is 114 Å². The summed E-state index contributed by atoms with van der Waals surface area (Å²) in [5.41, 5.74) is 1.32. The van der Waals surface area contributed by atoms with Crippen LogP contribution in [0.5, 0.6) is 0 Å². The molecule has 1 aromatic carbocycles. The molecule has 2 heterocycles. The molecule has 0 saturated heterocycles. The second-order valence-electron chi connectivity index (χ2n) is 4.19. The molecule has 0 atom stereocenters. The molecule has 0 fully saturated rings. The largest absolute Gasteiger partial charge is 0.321 e. The zero-order chi connectivity index (χ0) is 13.9. The van der Waals surface area contributed by atoms with E-state index in [2.05, 4.69) is 15.3 Å². The van der Waals surface area contributed by atoms with Gasteiger partial charge in [-0.25, -0.2) is 4.39 Å². The van der Waals surface area contributed by atoms with Gasteiger partial charge in [0.05, 0.1) is 23.0 Å². The summed E-state index contributed by atoms with van der Waals surface area (Å²) in [5, 5.41) is 3.50. The minimum atomic E-state index is -0.650. The molecule has 0 aliphatic carbocycles. The van der Waals surface area contributed by atoms with Gasteiger partial charge in [-0.2, -0.15) is 0 Å². The number of nitrogens with one attached hydrogen (secondary N) is 1.